The SMILES string of the molecule is CCCCNc1ncc(C(=O)N(C)CCc2ccncc2)cn1. The van der Waals surface area contributed by atoms with E-state index in [1.54, 1.807) is 36.7 Å². The number of hydrogen-bond donors (Lipinski definition) is 1. The molecule has 0 aliphatic rings. The molecule has 6 nitrogen and oxygen atoms in total. The lowest BCUT2D eigenvalue weighted by Gasteiger charge is -2.17. The van der Waals surface area contributed by atoms with Gasteiger partial charge in [0, 0.05) is 44.9 Å². The van der Waals surface area contributed by atoms with E-state index in [1.807, 2.05) is 12.1 Å². The van der Waals surface area contributed by atoms with Gasteiger partial charge in [0.2, 0.25) is 5.95 Å². The molecule has 1 N–H and O–H groups in total. The minimum atomic E-state index is -0.0702. The van der Waals surface area contributed by atoms with Crippen LogP contribution in [0.5, 0.6) is 0 Å². The third-order valence-electron chi connectivity index (χ3n) is 3.54. The van der Waals surface area contributed by atoms with E-state index < -0.39 is 0 Å². The molecule has 0 spiro atoms. The second-order valence-corrected chi connectivity index (χ2v) is 5.41. The Balaban J connectivity index is 1.86. The summed E-state index contributed by atoms with van der Waals surface area (Å²) >= 11 is 0. The first-order valence-corrected chi connectivity index (χ1v) is 7.91. The predicted octanol–water partition coefficient (Wildman–Crippen LogP) is 2.40. The van der Waals surface area contributed by atoms with Crippen molar-refractivity contribution in [3.63, 3.8) is 0 Å². The Morgan fingerprint density at radius 1 is 1.22 bits per heavy atom. The second kappa shape index (κ2) is 8.82. The van der Waals surface area contributed by atoms with Crippen LogP contribution >= 0.6 is 0 Å². The van der Waals surface area contributed by atoms with Gasteiger partial charge in [0.15, 0.2) is 0 Å². The maximum Gasteiger partial charge on any atom is 0.256 e. The molecule has 2 aromatic heterocycles. The number of aromatic nitrogens is 3. The molecule has 0 atom stereocenters. The van der Waals surface area contributed by atoms with E-state index in [-0.39, 0.29) is 5.91 Å². The van der Waals surface area contributed by atoms with Gasteiger partial charge in [-0.05, 0) is 30.5 Å². The molecular weight excluding hydrogens is 290 g/mol. The molecule has 0 unspecified atom stereocenters. The van der Waals surface area contributed by atoms with E-state index in [4.69, 9.17) is 0 Å². The third-order valence-corrected chi connectivity index (χ3v) is 3.54. The van der Waals surface area contributed by atoms with E-state index in [0.29, 0.717) is 18.1 Å². The highest BCUT2D eigenvalue weighted by Crippen LogP contribution is 2.06. The van der Waals surface area contributed by atoms with Crippen molar-refractivity contribution in [1.82, 2.24) is 19.9 Å². The van der Waals surface area contributed by atoms with Crippen molar-refractivity contribution in [1.29, 1.82) is 0 Å². The third kappa shape index (κ3) is 5.32. The number of anilines is 1. The average Bonchev–Trinajstić information content (AvgIpc) is 2.61. The summed E-state index contributed by atoms with van der Waals surface area (Å²) in [7, 11) is 1.79. The van der Waals surface area contributed by atoms with Crippen LogP contribution in [0.3, 0.4) is 0 Å². The van der Waals surface area contributed by atoms with Crippen molar-refractivity contribution in [2.75, 3.05) is 25.5 Å². The van der Waals surface area contributed by atoms with Crippen LogP contribution in [-0.4, -0.2) is 45.9 Å². The fourth-order valence-corrected chi connectivity index (χ4v) is 2.07. The topological polar surface area (TPSA) is 71.0 Å². The van der Waals surface area contributed by atoms with Crippen LogP contribution in [-0.2, 0) is 6.42 Å². The Hall–Kier alpha value is -2.50. The van der Waals surface area contributed by atoms with Crippen molar-refractivity contribution >= 4 is 11.9 Å². The van der Waals surface area contributed by atoms with E-state index in [1.165, 1.54) is 0 Å². The molecular formula is C17H23N5O. The van der Waals surface area contributed by atoms with Gasteiger partial charge in [0.25, 0.3) is 5.91 Å². The summed E-state index contributed by atoms with van der Waals surface area (Å²) in [6, 6.07) is 3.91. The van der Waals surface area contributed by atoms with E-state index >= 15 is 0 Å². The van der Waals surface area contributed by atoms with Gasteiger partial charge in [-0.3, -0.25) is 9.78 Å². The van der Waals surface area contributed by atoms with Crippen LogP contribution in [0.4, 0.5) is 5.95 Å². The molecule has 0 aliphatic heterocycles. The largest absolute Gasteiger partial charge is 0.354 e. The monoisotopic (exact) mass is 313 g/mol. The highest BCUT2D eigenvalue weighted by Gasteiger charge is 2.12. The molecule has 0 aromatic carbocycles. The molecule has 122 valence electrons. The van der Waals surface area contributed by atoms with Gasteiger partial charge in [-0.15, -0.1) is 0 Å². The Kier molecular flexibility index (Phi) is 6.47. The molecule has 2 heterocycles. The first-order valence-electron chi connectivity index (χ1n) is 7.91. The number of amides is 1. The van der Waals surface area contributed by atoms with Crippen molar-refractivity contribution in [2.45, 2.75) is 26.2 Å². The minimum Gasteiger partial charge on any atom is -0.354 e. The minimum absolute atomic E-state index is 0.0702. The first-order chi connectivity index (χ1) is 11.2. The molecule has 0 saturated heterocycles. The zero-order valence-electron chi connectivity index (χ0n) is 13.7. The maximum absolute atomic E-state index is 12.4. The van der Waals surface area contributed by atoms with E-state index in [2.05, 4.69) is 27.2 Å². The molecule has 0 radical (unpaired) electrons. The highest BCUT2D eigenvalue weighted by atomic mass is 16.2. The summed E-state index contributed by atoms with van der Waals surface area (Å²) in [4.78, 5) is 26.4. The molecule has 6 heteroatoms. The second-order valence-electron chi connectivity index (χ2n) is 5.41. The summed E-state index contributed by atoms with van der Waals surface area (Å²) in [5.41, 5.74) is 1.66. The number of carbonyl (C=O) groups is 1. The molecule has 23 heavy (non-hydrogen) atoms. The number of nitrogens with one attached hydrogen (secondary N) is 1. The lowest BCUT2D eigenvalue weighted by molar-refractivity contribution is 0.0796. The van der Waals surface area contributed by atoms with Gasteiger partial charge in [0.05, 0.1) is 5.56 Å². The van der Waals surface area contributed by atoms with Crippen LogP contribution in [0.2, 0.25) is 0 Å². The number of hydrogen-bond acceptors (Lipinski definition) is 5. The van der Waals surface area contributed by atoms with Gasteiger partial charge in [-0.1, -0.05) is 13.3 Å². The Morgan fingerprint density at radius 3 is 2.57 bits per heavy atom. The summed E-state index contributed by atoms with van der Waals surface area (Å²) in [6.45, 7) is 3.61. The normalized spacial score (nSPS) is 10.3. The first kappa shape index (κ1) is 16.9. The molecule has 0 fully saturated rings. The van der Waals surface area contributed by atoms with Crippen LogP contribution < -0.4 is 5.32 Å². The quantitative estimate of drug-likeness (QED) is 0.758. The van der Waals surface area contributed by atoms with Crippen molar-refractivity contribution < 1.29 is 4.79 Å². The fraction of sp³-hybridized carbons (Fsp3) is 0.412. The Labute approximate surface area is 137 Å². The molecule has 0 saturated carbocycles. The molecule has 2 aromatic rings. The zero-order valence-corrected chi connectivity index (χ0v) is 13.7. The summed E-state index contributed by atoms with van der Waals surface area (Å²) in [5, 5.41) is 3.13. The fourth-order valence-electron chi connectivity index (χ4n) is 2.07. The van der Waals surface area contributed by atoms with E-state index in [9.17, 15) is 4.79 Å². The summed E-state index contributed by atoms with van der Waals surface area (Å²) in [5.74, 6) is 0.494. The molecule has 2 rings (SSSR count). The number of carbonyl (C=O) groups excluding carboxylic acids is 1. The summed E-state index contributed by atoms with van der Waals surface area (Å²) in [6.07, 6.45) is 9.65. The number of likely N-dealkylation sites (N-methyl/N-ethyl adjacent to an activating group) is 1. The smallest absolute Gasteiger partial charge is 0.256 e. The van der Waals surface area contributed by atoms with Crippen LogP contribution in [0.15, 0.2) is 36.9 Å². The van der Waals surface area contributed by atoms with Gasteiger partial charge in [0.1, 0.15) is 0 Å². The average molecular weight is 313 g/mol. The number of unbranched alkanes of at least 4 members (excludes halogenated alkanes) is 1. The van der Waals surface area contributed by atoms with Crippen molar-refractivity contribution in [2.24, 2.45) is 0 Å². The van der Waals surface area contributed by atoms with Crippen LogP contribution in [0.25, 0.3) is 0 Å². The van der Waals surface area contributed by atoms with Gasteiger partial charge >= 0.3 is 0 Å². The van der Waals surface area contributed by atoms with E-state index in [0.717, 1.165) is 31.4 Å². The van der Waals surface area contributed by atoms with Gasteiger partial charge in [-0.2, -0.15) is 0 Å². The predicted molar refractivity (Wildman–Crippen MR) is 90.3 cm³/mol. The standard InChI is InChI=1S/C17H23N5O/c1-3-4-8-19-17-20-12-15(13-21-17)16(23)22(2)11-7-14-5-9-18-10-6-14/h5-6,9-10,12-13H,3-4,7-8,11H2,1-2H3,(H,19,20,21). The van der Waals surface area contributed by atoms with Crippen molar-refractivity contribution in [3.8, 4) is 0 Å². The van der Waals surface area contributed by atoms with Gasteiger partial charge in [-0.25, -0.2) is 9.97 Å². The molecule has 0 aliphatic carbocycles. The van der Waals surface area contributed by atoms with Gasteiger partial charge < -0.3 is 10.2 Å². The Morgan fingerprint density at radius 2 is 1.91 bits per heavy atom. The number of rotatable bonds is 8. The number of pyridine rings is 1. The highest BCUT2D eigenvalue weighted by molar-refractivity contribution is 5.93. The Bertz CT molecular complexity index is 600. The lowest BCUT2D eigenvalue weighted by atomic mass is 10.2. The lowest BCUT2D eigenvalue weighted by Crippen LogP contribution is -2.29. The molecule has 0 bridgehead atoms. The zero-order chi connectivity index (χ0) is 16.5. The van der Waals surface area contributed by atoms with Crippen LogP contribution in [0, 0.1) is 0 Å². The van der Waals surface area contributed by atoms with Crippen LogP contribution in [0.1, 0.15) is 35.7 Å². The van der Waals surface area contributed by atoms with Crippen molar-refractivity contribution in [3.05, 3.63) is 48.0 Å². The number of nitrogens with zero attached hydrogens (tertiary/aromatic N) is 4. The maximum atomic E-state index is 12.4. The molecule has 1 amide bonds. The summed E-state index contributed by atoms with van der Waals surface area (Å²) < 4.78 is 0.